The second-order valence-corrected chi connectivity index (χ2v) is 5.11. The van der Waals surface area contributed by atoms with Crippen molar-refractivity contribution in [1.82, 2.24) is 19.5 Å². The zero-order valence-electron chi connectivity index (χ0n) is 12.1. The van der Waals surface area contributed by atoms with E-state index < -0.39 is 17.6 Å². The van der Waals surface area contributed by atoms with E-state index in [1.807, 2.05) is 0 Å². The molecule has 0 fully saturated rings. The van der Waals surface area contributed by atoms with Crippen LogP contribution in [0.2, 0.25) is 5.02 Å². The molecule has 1 N–H and O–H groups in total. The normalized spacial score (nSPS) is 11.7. The molecule has 0 atom stereocenters. The van der Waals surface area contributed by atoms with Crippen LogP contribution in [0, 0.1) is 0 Å². The van der Waals surface area contributed by atoms with Crippen LogP contribution >= 0.6 is 11.6 Å². The third-order valence-electron chi connectivity index (χ3n) is 3.22. The van der Waals surface area contributed by atoms with E-state index in [0.29, 0.717) is 0 Å². The van der Waals surface area contributed by atoms with E-state index in [-0.39, 0.29) is 27.7 Å². The highest BCUT2D eigenvalue weighted by molar-refractivity contribution is 6.32. The van der Waals surface area contributed by atoms with Gasteiger partial charge >= 0.3 is 11.9 Å². The molecule has 10 heteroatoms. The van der Waals surface area contributed by atoms with Gasteiger partial charge in [0, 0.05) is 13.2 Å². The molecular weight excluding hydrogens is 347 g/mol. The average Bonchev–Trinajstić information content (AvgIpc) is 2.54. The minimum Gasteiger partial charge on any atom is -0.372 e. The number of anilines is 1. The van der Waals surface area contributed by atoms with Crippen molar-refractivity contribution in [3.63, 3.8) is 0 Å². The number of fused-ring (bicyclic) bond motifs is 1. The van der Waals surface area contributed by atoms with Crippen LogP contribution in [0.5, 0.6) is 0 Å². The SMILES string of the molecule is CNc1nc(=O)n(-c2ncccc2Cl)c2nc(C(F)(F)F)ccc12. The Labute approximate surface area is 137 Å². The number of hydrogen-bond donors (Lipinski definition) is 1. The highest BCUT2D eigenvalue weighted by Crippen LogP contribution is 2.30. The minimum absolute atomic E-state index is 0.0452. The Morgan fingerprint density at radius 2 is 1.96 bits per heavy atom. The molecule has 0 saturated heterocycles. The first kappa shape index (κ1) is 16.2. The Kier molecular flexibility index (Phi) is 3.88. The zero-order valence-corrected chi connectivity index (χ0v) is 12.9. The van der Waals surface area contributed by atoms with Gasteiger partial charge in [-0.05, 0) is 24.3 Å². The van der Waals surface area contributed by atoms with Gasteiger partial charge in [-0.1, -0.05) is 11.6 Å². The summed E-state index contributed by atoms with van der Waals surface area (Å²) in [6, 6.07) is 5.00. The van der Waals surface area contributed by atoms with Crippen LogP contribution < -0.4 is 11.0 Å². The van der Waals surface area contributed by atoms with Crippen molar-refractivity contribution < 1.29 is 13.2 Å². The number of halogens is 4. The summed E-state index contributed by atoms with van der Waals surface area (Å²) in [6.07, 6.45) is -3.30. The number of rotatable bonds is 2. The largest absolute Gasteiger partial charge is 0.433 e. The highest BCUT2D eigenvalue weighted by Gasteiger charge is 2.33. The van der Waals surface area contributed by atoms with Crippen molar-refractivity contribution >= 4 is 28.5 Å². The monoisotopic (exact) mass is 355 g/mol. The van der Waals surface area contributed by atoms with Gasteiger partial charge in [0.15, 0.2) is 11.5 Å². The van der Waals surface area contributed by atoms with E-state index in [4.69, 9.17) is 11.6 Å². The second kappa shape index (κ2) is 5.75. The summed E-state index contributed by atoms with van der Waals surface area (Å²) in [6.45, 7) is 0. The molecular formula is C14H9ClF3N5O. The summed E-state index contributed by atoms with van der Waals surface area (Å²) in [7, 11) is 1.50. The number of nitrogens with one attached hydrogen (secondary N) is 1. The maximum Gasteiger partial charge on any atom is 0.433 e. The van der Waals surface area contributed by atoms with Crippen LogP contribution in [-0.2, 0) is 6.18 Å². The fourth-order valence-corrected chi connectivity index (χ4v) is 2.39. The van der Waals surface area contributed by atoms with Crippen LogP contribution in [-0.4, -0.2) is 26.6 Å². The molecule has 6 nitrogen and oxygen atoms in total. The summed E-state index contributed by atoms with van der Waals surface area (Å²) < 4.78 is 39.8. The van der Waals surface area contributed by atoms with Gasteiger partial charge in [-0.25, -0.2) is 19.3 Å². The first-order valence-electron chi connectivity index (χ1n) is 6.62. The standard InChI is InChI=1S/C14H9ClF3N5O/c1-19-10-7-4-5-9(14(16,17)18)21-11(7)23(13(24)22-10)12-8(15)3-2-6-20-12/h2-6H,1H3,(H,19,22,24). The fraction of sp³-hybridized carbons (Fsp3) is 0.143. The van der Waals surface area contributed by atoms with E-state index in [2.05, 4.69) is 20.3 Å². The molecule has 3 rings (SSSR count). The lowest BCUT2D eigenvalue weighted by Crippen LogP contribution is -2.25. The Morgan fingerprint density at radius 1 is 1.21 bits per heavy atom. The number of nitrogens with zero attached hydrogens (tertiary/aromatic N) is 4. The molecule has 0 aliphatic rings. The van der Waals surface area contributed by atoms with Gasteiger partial charge in [-0.15, -0.1) is 0 Å². The lowest BCUT2D eigenvalue weighted by atomic mass is 10.2. The molecule has 3 heterocycles. The summed E-state index contributed by atoms with van der Waals surface area (Å²) in [4.78, 5) is 23.7. The average molecular weight is 356 g/mol. The topological polar surface area (TPSA) is 72.7 Å². The molecule has 0 aromatic carbocycles. The molecule has 3 aromatic heterocycles. The zero-order chi connectivity index (χ0) is 17.5. The highest BCUT2D eigenvalue weighted by atomic mass is 35.5. The summed E-state index contributed by atoms with van der Waals surface area (Å²) in [5.74, 6) is 0.0654. The van der Waals surface area contributed by atoms with Gasteiger partial charge < -0.3 is 5.32 Å². The van der Waals surface area contributed by atoms with Crippen LogP contribution in [0.3, 0.4) is 0 Å². The molecule has 0 aliphatic heterocycles. The van der Waals surface area contributed by atoms with E-state index in [9.17, 15) is 18.0 Å². The minimum atomic E-state index is -4.66. The van der Waals surface area contributed by atoms with Crippen molar-refractivity contribution in [2.75, 3.05) is 12.4 Å². The molecule has 0 amide bonds. The number of alkyl halides is 3. The van der Waals surface area contributed by atoms with Gasteiger partial charge in [0.2, 0.25) is 0 Å². The molecule has 0 radical (unpaired) electrons. The van der Waals surface area contributed by atoms with Crippen LogP contribution in [0.1, 0.15) is 5.69 Å². The van der Waals surface area contributed by atoms with Gasteiger partial charge in [-0.2, -0.15) is 18.2 Å². The van der Waals surface area contributed by atoms with Gasteiger partial charge in [0.25, 0.3) is 0 Å². The smallest absolute Gasteiger partial charge is 0.372 e. The van der Waals surface area contributed by atoms with Crippen molar-refractivity contribution in [1.29, 1.82) is 0 Å². The predicted octanol–water partition coefficient (Wildman–Crippen LogP) is 2.89. The molecule has 0 aliphatic carbocycles. The third kappa shape index (κ3) is 2.67. The van der Waals surface area contributed by atoms with Crippen LogP contribution in [0.4, 0.5) is 19.0 Å². The number of pyridine rings is 2. The molecule has 0 saturated carbocycles. The lowest BCUT2D eigenvalue weighted by Gasteiger charge is -2.13. The Balaban J connectivity index is 2.46. The maximum absolute atomic E-state index is 13.0. The molecule has 0 bridgehead atoms. The van der Waals surface area contributed by atoms with Crippen molar-refractivity contribution in [2.24, 2.45) is 0 Å². The summed E-state index contributed by atoms with van der Waals surface area (Å²) in [5, 5.41) is 2.97. The molecule has 0 unspecified atom stereocenters. The van der Waals surface area contributed by atoms with Crippen LogP contribution in [0.15, 0.2) is 35.3 Å². The Morgan fingerprint density at radius 3 is 2.58 bits per heavy atom. The number of hydrogen-bond acceptors (Lipinski definition) is 5. The Hall–Kier alpha value is -2.68. The maximum atomic E-state index is 13.0. The van der Waals surface area contributed by atoms with E-state index in [0.717, 1.165) is 10.6 Å². The van der Waals surface area contributed by atoms with Crippen LogP contribution in [0.25, 0.3) is 16.9 Å². The first-order valence-corrected chi connectivity index (χ1v) is 7.00. The lowest BCUT2D eigenvalue weighted by molar-refractivity contribution is -0.141. The molecule has 24 heavy (non-hydrogen) atoms. The quantitative estimate of drug-likeness (QED) is 0.765. The fourth-order valence-electron chi connectivity index (χ4n) is 2.18. The van der Waals surface area contributed by atoms with Crippen molar-refractivity contribution in [3.8, 4) is 5.82 Å². The van der Waals surface area contributed by atoms with E-state index in [1.54, 1.807) is 0 Å². The summed E-state index contributed by atoms with van der Waals surface area (Å²) in [5.41, 5.74) is -2.22. The molecule has 3 aromatic rings. The van der Waals surface area contributed by atoms with Gasteiger partial charge in [0.05, 0.1) is 10.4 Å². The summed E-state index contributed by atoms with van der Waals surface area (Å²) >= 11 is 6.02. The van der Waals surface area contributed by atoms with E-state index >= 15 is 0 Å². The van der Waals surface area contributed by atoms with Gasteiger partial charge in [0.1, 0.15) is 11.5 Å². The molecule has 124 valence electrons. The predicted molar refractivity (Wildman–Crippen MR) is 82.5 cm³/mol. The number of aromatic nitrogens is 4. The first-order chi connectivity index (χ1) is 11.3. The van der Waals surface area contributed by atoms with Crippen molar-refractivity contribution in [2.45, 2.75) is 6.18 Å². The third-order valence-corrected chi connectivity index (χ3v) is 3.51. The van der Waals surface area contributed by atoms with E-state index in [1.165, 1.54) is 31.4 Å². The van der Waals surface area contributed by atoms with Crippen molar-refractivity contribution in [3.05, 3.63) is 51.7 Å². The van der Waals surface area contributed by atoms with Gasteiger partial charge in [-0.3, -0.25) is 0 Å². The Bertz CT molecular complexity index is 986. The second-order valence-electron chi connectivity index (χ2n) is 4.70. The molecule has 0 spiro atoms.